The molecule has 242 valence electrons. The van der Waals surface area contributed by atoms with Crippen LogP contribution < -0.4 is 15.8 Å². The Morgan fingerprint density at radius 1 is 1.07 bits per heavy atom. The fourth-order valence-electron chi connectivity index (χ4n) is 5.43. The molecule has 0 radical (unpaired) electrons. The number of nitrogens with zero attached hydrogens (tertiary/aromatic N) is 4. The highest BCUT2D eigenvalue weighted by molar-refractivity contribution is 5.99. The third kappa shape index (κ3) is 8.16. The van der Waals surface area contributed by atoms with Gasteiger partial charge >= 0.3 is 12.1 Å². The number of nitrogens with two attached hydrogens (primary N) is 1. The fraction of sp³-hybridized carbons (Fsp3) is 0.500. The molecule has 2 aromatic rings. The summed E-state index contributed by atoms with van der Waals surface area (Å²) in [5.74, 6) is -3.18. The number of piperazine rings is 1. The summed E-state index contributed by atoms with van der Waals surface area (Å²) in [5.41, 5.74) is 6.60. The average molecular weight is 627 g/mol. The van der Waals surface area contributed by atoms with Crippen molar-refractivity contribution in [3.63, 3.8) is 0 Å². The van der Waals surface area contributed by atoms with Crippen LogP contribution in [0.25, 0.3) is 10.9 Å². The molecule has 0 spiro atoms. The highest BCUT2D eigenvalue weighted by Gasteiger charge is 2.34. The molecule has 2 fully saturated rings. The van der Waals surface area contributed by atoms with Crippen LogP contribution in [0.2, 0.25) is 0 Å². The molecule has 15 heteroatoms. The smallest absolute Gasteiger partial charge is 0.409 e. The minimum Gasteiger partial charge on any atom is -0.483 e. The van der Waals surface area contributed by atoms with Crippen molar-refractivity contribution in [3.8, 4) is 5.75 Å². The second-order valence-electron chi connectivity index (χ2n) is 10.9. The van der Waals surface area contributed by atoms with Crippen molar-refractivity contribution in [2.45, 2.75) is 51.6 Å². The summed E-state index contributed by atoms with van der Waals surface area (Å²) in [6.45, 7) is 4.56. The largest absolute Gasteiger partial charge is 0.483 e. The third-order valence-electron chi connectivity index (χ3n) is 7.78. The fourth-order valence-corrected chi connectivity index (χ4v) is 5.43. The highest BCUT2D eigenvalue weighted by atomic mass is 16.6. The lowest BCUT2D eigenvalue weighted by molar-refractivity contribution is -0.139. The van der Waals surface area contributed by atoms with Crippen LogP contribution in [-0.4, -0.2) is 119 Å². The summed E-state index contributed by atoms with van der Waals surface area (Å²) in [6.07, 6.45) is 0.101. The van der Waals surface area contributed by atoms with Crippen LogP contribution in [0.1, 0.15) is 48.7 Å². The summed E-state index contributed by atoms with van der Waals surface area (Å²) in [5, 5.41) is 12.4. The Kier molecular flexibility index (Phi) is 10.8. The van der Waals surface area contributed by atoms with Crippen LogP contribution in [0.5, 0.6) is 5.75 Å². The Labute approximate surface area is 259 Å². The number of hydrogen-bond donors (Lipinski definition) is 3. The average Bonchev–Trinajstić information content (AvgIpc) is 3.52. The molecule has 3 heterocycles. The van der Waals surface area contributed by atoms with Gasteiger partial charge in [-0.2, -0.15) is 0 Å². The zero-order chi connectivity index (χ0) is 32.7. The predicted molar refractivity (Wildman–Crippen MR) is 159 cm³/mol. The van der Waals surface area contributed by atoms with Gasteiger partial charge in [-0.1, -0.05) is 6.07 Å². The number of nitrogens with one attached hydrogen (secondary N) is 1. The molecule has 4 N–H and O–H groups in total. The van der Waals surface area contributed by atoms with Gasteiger partial charge in [-0.05, 0) is 50.8 Å². The van der Waals surface area contributed by atoms with Crippen molar-refractivity contribution in [2.24, 2.45) is 5.73 Å². The van der Waals surface area contributed by atoms with Gasteiger partial charge in [0, 0.05) is 50.6 Å². The number of fused-ring (bicyclic) bond motifs is 1. The van der Waals surface area contributed by atoms with E-state index >= 15 is 0 Å². The predicted octanol–water partition coefficient (Wildman–Crippen LogP) is 0.662. The van der Waals surface area contributed by atoms with E-state index in [4.69, 9.17) is 15.2 Å². The maximum atomic E-state index is 13.5. The number of hydrogen-bond acceptors (Lipinski definition) is 9. The number of aliphatic carboxylic acids is 1. The van der Waals surface area contributed by atoms with Crippen molar-refractivity contribution in [1.82, 2.24) is 25.0 Å². The van der Waals surface area contributed by atoms with E-state index in [1.807, 2.05) is 13.0 Å². The first kappa shape index (κ1) is 33.0. The summed E-state index contributed by atoms with van der Waals surface area (Å²) in [7, 11) is 0. The number of amides is 5. The molecule has 0 unspecified atom stereocenters. The van der Waals surface area contributed by atoms with Gasteiger partial charge in [-0.3, -0.25) is 24.0 Å². The van der Waals surface area contributed by atoms with Crippen LogP contribution in [0.15, 0.2) is 24.3 Å². The van der Waals surface area contributed by atoms with Crippen LogP contribution in [0, 0.1) is 6.92 Å². The van der Waals surface area contributed by atoms with E-state index in [9.17, 15) is 33.9 Å². The minimum absolute atomic E-state index is 0.105. The number of ether oxygens (including phenoxy) is 2. The van der Waals surface area contributed by atoms with Crippen LogP contribution in [0.4, 0.5) is 4.79 Å². The second kappa shape index (κ2) is 14.7. The molecule has 2 atom stereocenters. The second-order valence-corrected chi connectivity index (χ2v) is 10.9. The maximum absolute atomic E-state index is 13.5. The van der Waals surface area contributed by atoms with E-state index < -0.39 is 54.4 Å². The molecule has 1 aromatic carbocycles. The summed E-state index contributed by atoms with van der Waals surface area (Å²) in [4.78, 5) is 83.8. The number of aryl methyl sites for hydroxylation is 1. The van der Waals surface area contributed by atoms with E-state index in [1.54, 1.807) is 19.1 Å². The maximum Gasteiger partial charge on any atom is 0.409 e. The highest BCUT2D eigenvalue weighted by Crippen LogP contribution is 2.27. The Balaban J connectivity index is 1.52. The zero-order valence-corrected chi connectivity index (χ0v) is 25.3. The Morgan fingerprint density at radius 3 is 2.44 bits per heavy atom. The topological polar surface area (TPSA) is 202 Å². The van der Waals surface area contributed by atoms with Crippen molar-refractivity contribution >= 4 is 46.6 Å². The van der Waals surface area contributed by atoms with Crippen molar-refractivity contribution in [2.75, 3.05) is 45.9 Å². The number of carbonyl (C=O) groups is 6. The van der Waals surface area contributed by atoms with Gasteiger partial charge in [0.2, 0.25) is 11.8 Å². The number of carboxylic acids is 1. The molecule has 5 amide bonds. The first-order chi connectivity index (χ1) is 21.5. The van der Waals surface area contributed by atoms with Gasteiger partial charge in [0.05, 0.1) is 12.1 Å². The number of aromatic nitrogens is 1. The lowest BCUT2D eigenvalue weighted by atomic mass is 10.1. The summed E-state index contributed by atoms with van der Waals surface area (Å²) in [6, 6.07) is 4.78. The van der Waals surface area contributed by atoms with Gasteiger partial charge in [0.1, 0.15) is 23.5 Å². The van der Waals surface area contributed by atoms with Crippen LogP contribution >= 0.6 is 0 Å². The number of carbonyl (C=O) groups excluding carboxylic acids is 5. The molecule has 1 aromatic heterocycles. The van der Waals surface area contributed by atoms with Gasteiger partial charge in [0.25, 0.3) is 11.8 Å². The monoisotopic (exact) mass is 626 g/mol. The Bertz CT molecular complexity index is 1470. The van der Waals surface area contributed by atoms with E-state index in [0.717, 1.165) is 5.56 Å². The number of primary amides is 1. The molecule has 2 saturated heterocycles. The SMILES string of the molecule is CCOC(=O)N1CCN(C(=O)[C@H](CCC(=O)O)NC(=O)c2cc(OCC(=O)N3CCC[C@H]3C(N)=O)c3ccc(C)cc3n2)CC1. The lowest BCUT2D eigenvalue weighted by Crippen LogP contribution is -2.56. The minimum atomic E-state index is -1.18. The standard InChI is InChI=1S/C30H38N6O9/c1-3-44-30(43)35-13-11-34(12-14-35)29(42)20(8-9-26(38)39)33-28(41)22-16-24(19-7-6-18(2)15-21(19)32-22)45-17-25(37)36-10-4-5-23(36)27(31)40/h6-7,15-16,20,23H,3-5,8-14,17H2,1-2H3,(H2,31,40)(H,33,41)(H,38,39)/t20-,23-/m0/s1. The molecule has 15 nitrogen and oxygen atoms in total. The normalized spacial score (nSPS) is 17.1. The van der Waals surface area contributed by atoms with Gasteiger partial charge < -0.3 is 40.3 Å². The first-order valence-electron chi connectivity index (χ1n) is 14.8. The third-order valence-corrected chi connectivity index (χ3v) is 7.78. The van der Waals surface area contributed by atoms with E-state index in [1.165, 1.54) is 20.8 Å². The van der Waals surface area contributed by atoms with Crippen molar-refractivity contribution < 1.29 is 43.3 Å². The Morgan fingerprint density at radius 2 is 1.78 bits per heavy atom. The molecular formula is C30H38N6O9. The molecule has 4 rings (SSSR count). The van der Waals surface area contributed by atoms with E-state index in [0.29, 0.717) is 30.3 Å². The molecule has 0 saturated carbocycles. The van der Waals surface area contributed by atoms with Crippen molar-refractivity contribution in [1.29, 1.82) is 0 Å². The molecule has 2 aliphatic heterocycles. The summed E-state index contributed by atoms with van der Waals surface area (Å²) < 4.78 is 10.9. The van der Waals surface area contributed by atoms with Crippen LogP contribution in [0.3, 0.4) is 0 Å². The van der Waals surface area contributed by atoms with E-state index in [-0.39, 0.29) is 57.1 Å². The molecule has 0 bridgehead atoms. The first-order valence-corrected chi connectivity index (χ1v) is 14.8. The van der Waals surface area contributed by atoms with Crippen molar-refractivity contribution in [3.05, 3.63) is 35.5 Å². The number of carboxylic acid groups (broad SMARTS) is 1. The van der Waals surface area contributed by atoms with Gasteiger partial charge in [-0.25, -0.2) is 9.78 Å². The van der Waals surface area contributed by atoms with Gasteiger partial charge in [0.15, 0.2) is 6.61 Å². The summed E-state index contributed by atoms with van der Waals surface area (Å²) >= 11 is 0. The number of benzene rings is 1. The lowest BCUT2D eigenvalue weighted by Gasteiger charge is -2.35. The molecule has 0 aliphatic carbocycles. The van der Waals surface area contributed by atoms with Crippen LogP contribution in [-0.2, 0) is 23.9 Å². The van der Waals surface area contributed by atoms with Gasteiger partial charge in [-0.15, -0.1) is 0 Å². The number of likely N-dealkylation sites (tertiary alicyclic amines) is 1. The number of pyridine rings is 1. The number of rotatable bonds is 11. The molecule has 2 aliphatic rings. The Hall–Kier alpha value is -4.95. The molecular weight excluding hydrogens is 588 g/mol. The molecule has 45 heavy (non-hydrogen) atoms. The van der Waals surface area contributed by atoms with E-state index in [2.05, 4.69) is 10.3 Å². The zero-order valence-electron chi connectivity index (χ0n) is 25.3. The quantitative estimate of drug-likeness (QED) is 0.318.